The van der Waals surface area contributed by atoms with Crippen LogP contribution in [0.3, 0.4) is 0 Å². The third-order valence-electron chi connectivity index (χ3n) is 3.88. The average Bonchev–Trinajstić information content (AvgIpc) is 3.22. The van der Waals surface area contributed by atoms with Crippen LogP contribution in [-0.2, 0) is 11.8 Å². The van der Waals surface area contributed by atoms with Gasteiger partial charge in [0, 0.05) is 13.7 Å². The number of para-hydroxylation sites is 1. The maximum absolute atomic E-state index is 12.4. The Kier molecular flexibility index (Phi) is 6.51. The van der Waals surface area contributed by atoms with E-state index in [1.165, 1.54) is 20.9 Å². The van der Waals surface area contributed by atoms with Gasteiger partial charge in [-0.3, -0.25) is 9.98 Å². The van der Waals surface area contributed by atoms with Gasteiger partial charge in [-0.2, -0.15) is 0 Å². The van der Waals surface area contributed by atoms with E-state index in [0.717, 1.165) is 19.4 Å². The van der Waals surface area contributed by atoms with Gasteiger partial charge in [0.2, 0.25) is 0 Å². The Morgan fingerprint density at radius 3 is 2.83 bits per heavy atom. The molecular weight excluding hydrogens is 326 g/mol. The van der Waals surface area contributed by atoms with Gasteiger partial charge in [0.05, 0.1) is 11.6 Å². The summed E-state index contributed by atoms with van der Waals surface area (Å²) in [6.07, 6.45) is 3.98. The average molecular weight is 351 g/mol. The highest BCUT2D eigenvalue weighted by Gasteiger charge is 2.20. The molecule has 132 valence electrons. The number of aryl methyl sites for hydroxylation is 1. The summed E-state index contributed by atoms with van der Waals surface area (Å²) in [5.41, 5.74) is 1.17. The number of nitrogens with one attached hydrogen (secondary N) is 1. The van der Waals surface area contributed by atoms with E-state index in [1.807, 2.05) is 32.0 Å². The number of benzene rings is 1. The lowest BCUT2D eigenvalue weighted by Crippen LogP contribution is -2.25. The van der Waals surface area contributed by atoms with Crippen molar-refractivity contribution in [1.82, 2.24) is 9.13 Å². The minimum Gasteiger partial charge on any atom is -0.489 e. The van der Waals surface area contributed by atoms with Crippen LogP contribution in [0.5, 0.6) is 5.75 Å². The molecule has 1 atom stereocenters. The van der Waals surface area contributed by atoms with Gasteiger partial charge in [0.25, 0.3) is 0 Å². The molecule has 1 aromatic heterocycles. The molecule has 0 bridgehead atoms. The molecule has 1 aliphatic heterocycles. The SMILES string of the molecule is CC.CSC(=N)n1c(=O)n(C)c2c(OCC3CCCO3)cccc21. The van der Waals surface area contributed by atoms with Crippen molar-refractivity contribution in [2.45, 2.75) is 32.8 Å². The molecule has 1 fully saturated rings. The first-order valence-corrected chi connectivity index (χ1v) is 9.43. The Morgan fingerprint density at radius 1 is 1.46 bits per heavy atom. The monoisotopic (exact) mass is 351 g/mol. The zero-order valence-corrected chi connectivity index (χ0v) is 15.5. The van der Waals surface area contributed by atoms with E-state index < -0.39 is 0 Å². The topological polar surface area (TPSA) is 69.2 Å². The number of nitrogens with zero attached hydrogens (tertiary/aromatic N) is 2. The molecule has 1 saturated heterocycles. The summed E-state index contributed by atoms with van der Waals surface area (Å²) >= 11 is 1.23. The second-order valence-corrected chi connectivity index (χ2v) is 6.05. The van der Waals surface area contributed by atoms with E-state index >= 15 is 0 Å². The predicted molar refractivity (Wildman–Crippen MR) is 99.6 cm³/mol. The molecule has 2 aromatic rings. The van der Waals surface area contributed by atoms with Crippen LogP contribution in [0, 0.1) is 5.41 Å². The van der Waals surface area contributed by atoms with Crippen molar-refractivity contribution < 1.29 is 9.47 Å². The number of rotatable bonds is 3. The van der Waals surface area contributed by atoms with Crippen LogP contribution in [0.2, 0.25) is 0 Å². The number of hydrogen-bond acceptors (Lipinski definition) is 5. The minimum atomic E-state index is -0.234. The molecule has 0 amide bonds. The van der Waals surface area contributed by atoms with Crippen molar-refractivity contribution >= 4 is 28.0 Å². The fraction of sp³-hybridized carbons (Fsp3) is 0.529. The Bertz CT molecular complexity index is 760. The summed E-state index contributed by atoms with van der Waals surface area (Å²) < 4.78 is 14.4. The van der Waals surface area contributed by atoms with Gasteiger partial charge >= 0.3 is 5.69 Å². The fourth-order valence-corrected chi connectivity index (χ4v) is 3.10. The zero-order chi connectivity index (χ0) is 17.7. The Balaban J connectivity index is 0.00000100. The molecule has 3 rings (SSSR count). The number of fused-ring (bicyclic) bond motifs is 1. The fourth-order valence-electron chi connectivity index (χ4n) is 2.74. The smallest absolute Gasteiger partial charge is 0.335 e. The molecule has 2 heterocycles. The highest BCUT2D eigenvalue weighted by atomic mass is 32.2. The second-order valence-electron chi connectivity index (χ2n) is 5.26. The van der Waals surface area contributed by atoms with Crippen molar-refractivity contribution in [1.29, 1.82) is 5.41 Å². The summed E-state index contributed by atoms with van der Waals surface area (Å²) in [4.78, 5) is 12.4. The van der Waals surface area contributed by atoms with Crippen LogP contribution in [0.4, 0.5) is 0 Å². The van der Waals surface area contributed by atoms with E-state index in [1.54, 1.807) is 13.3 Å². The largest absolute Gasteiger partial charge is 0.489 e. The number of aromatic nitrogens is 2. The highest BCUT2D eigenvalue weighted by molar-refractivity contribution is 8.13. The van der Waals surface area contributed by atoms with Gasteiger partial charge in [0.15, 0.2) is 5.17 Å². The zero-order valence-electron chi connectivity index (χ0n) is 14.7. The lowest BCUT2D eigenvalue weighted by molar-refractivity contribution is 0.0684. The Hall–Kier alpha value is -1.73. The van der Waals surface area contributed by atoms with Gasteiger partial charge in [-0.25, -0.2) is 9.36 Å². The van der Waals surface area contributed by atoms with Gasteiger partial charge in [-0.1, -0.05) is 31.7 Å². The molecule has 0 saturated carbocycles. The Morgan fingerprint density at radius 2 is 2.21 bits per heavy atom. The third kappa shape index (κ3) is 3.52. The molecule has 7 heteroatoms. The third-order valence-corrected chi connectivity index (χ3v) is 4.45. The van der Waals surface area contributed by atoms with Crippen molar-refractivity contribution in [2.75, 3.05) is 19.5 Å². The summed E-state index contributed by atoms with van der Waals surface area (Å²) in [6, 6.07) is 5.53. The molecule has 0 spiro atoms. The summed E-state index contributed by atoms with van der Waals surface area (Å²) in [7, 11) is 1.70. The molecule has 0 aliphatic carbocycles. The van der Waals surface area contributed by atoms with E-state index in [0.29, 0.717) is 23.4 Å². The predicted octanol–water partition coefficient (Wildman–Crippen LogP) is 3.07. The molecule has 24 heavy (non-hydrogen) atoms. The van der Waals surface area contributed by atoms with Gasteiger partial charge in [0.1, 0.15) is 17.9 Å². The highest BCUT2D eigenvalue weighted by Crippen LogP contribution is 2.26. The lowest BCUT2D eigenvalue weighted by atomic mass is 10.2. The second kappa shape index (κ2) is 8.39. The Labute approximate surface area is 146 Å². The van der Waals surface area contributed by atoms with Crippen LogP contribution in [0.1, 0.15) is 26.7 Å². The quantitative estimate of drug-likeness (QED) is 0.681. The maximum atomic E-state index is 12.4. The van der Waals surface area contributed by atoms with Crippen molar-refractivity contribution in [3.63, 3.8) is 0 Å². The molecular formula is C17H25N3O3S. The summed E-state index contributed by atoms with van der Waals surface area (Å²) in [5.74, 6) is 0.653. The number of hydrogen-bond donors (Lipinski definition) is 1. The van der Waals surface area contributed by atoms with Crippen LogP contribution < -0.4 is 10.4 Å². The first kappa shape index (κ1) is 18.6. The summed E-state index contributed by atoms with van der Waals surface area (Å²) in [5, 5.41) is 8.18. The minimum absolute atomic E-state index is 0.124. The van der Waals surface area contributed by atoms with Gasteiger partial charge in [-0.05, 0) is 31.2 Å². The first-order chi connectivity index (χ1) is 11.6. The maximum Gasteiger partial charge on any atom is 0.335 e. The molecule has 1 N–H and O–H groups in total. The van der Waals surface area contributed by atoms with Gasteiger partial charge < -0.3 is 9.47 Å². The van der Waals surface area contributed by atoms with Gasteiger partial charge in [-0.15, -0.1) is 0 Å². The number of thioether (sulfide) groups is 1. The number of imidazole rings is 1. The van der Waals surface area contributed by atoms with E-state index in [2.05, 4.69) is 0 Å². The molecule has 1 unspecified atom stereocenters. The lowest BCUT2D eigenvalue weighted by Gasteiger charge is -2.12. The van der Waals surface area contributed by atoms with Crippen molar-refractivity contribution in [3.05, 3.63) is 28.7 Å². The van der Waals surface area contributed by atoms with Crippen LogP contribution in [0.25, 0.3) is 11.0 Å². The van der Waals surface area contributed by atoms with Crippen LogP contribution in [-0.4, -0.2) is 39.9 Å². The van der Waals surface area contributed by atoms with E-state index in [9.17, 15) is 4.79 Å². The molecule has 0 radical (unpaired) electrons. The van der Waals surface area contributed by atoms with Crippen LogP contribution in [0.15, 0.2) is 23.0 Å². The first-order valence-electron chi connectivity index (χ1n) is 8.21. The standard InChI is InChI=1S/C15H19N3O3S.C2H6/c1-17-13-11(18(15(17)19)14(16)22-2)6-3-7-12(13)21-9-10-5-4-8-20-10;1-2/h3,6-7,10,16H,4-5,8-9H2,1-2H3;1-2H3. The normalized spacial score (nSPS) is 16.8. The van der Waals surface area contributed by atoms with E-state index in [-0.39, 0.29) is 17.0 Å². The van der Waals surface area contributed by atoms with E-state index in [4.69, 9.17) is 14.9 Å². The molecule has 1 aliphatic rings. The molecule has 1 aromatic carbocycles. The van der Waals surface area contributed by atoms with Crippen molar-refractivity contribution in [3.8, 4) is 5.75 Å². The number of ether oxygens (including phenoxy) is 2. The summed E-state index contributed by atoms with van der Waals surface area (Å²) in [6.45, 7) is 5.27. The van der Waals surface area contributed by atoms with Crippen molar-refractivity contribution in [2.24, 2.45) is 7.05 Å². The molecule has 6 nitrogen and oxygen atoms in total. The van der Waals surface area contributed by atoms with Crippen LogP contribution >= 0.6 is 11.8 Å².